The van der Waals surface area contributed by atoms with E-state index in [0.29, 0.717) is 18.2 Å². The first-order valence-corrected chi connectivity index (χ1v) is 7.06. The maximum Gasteiger partial charge on any atom is 0.287 e. The summed E-state index contributed by atoms with van der Waals surface area (Å²) in [5, 5.41) is 4.05. The van der Waals surface area contributed by atoms with Gasteiger partial charge in [0.25, 0.3) is 5.91 Å². The Kier molecular flexibility index (Phi) is 3.05. The van der Waals surface area contributed by atoms with Crippen molar-refractivity contribution >= 4 is 16.9 Å². The van der Waals surface area contributed by atoms with Crippen molar-refractivity contribution in [3.63, 3.8) is 0 Å². The summed E-state index contributed by atoms with van der Waals surface area (Å²) in [6, 6.07) is 7.69. The standard InChI is InChI=1S/C16H20N2O2/c1-10-12-5-3-4-6-13(12)20-14(10)15(19)18-16(2,9-17)11-7-8-11/h3-6,11H,7-9,17H2,1-2H3,(H,18,19). The van der Waals surface area contributed by atoms with Crippen LogP contribution in [0.3, 0.4) is 0 Å². The molecular weight excluding hydrogens is 252 g/mol. The van der Waals surface area contributed by atoms with Crippen LogP contribution in [0.15, 0.2) is 28.7 Å². The van der Waals surface area contributed by atoms with Crippen LogP contribution in [0, 0.1) is 12.8 Å². The second kappa shape index (κ2) is 4.63. The Labute approximate surface area is 118 Å². The van der Waals surface area contributed by atoms with E-state index in [0.717, 1.165) is 29.4 Å². The first-order chi connectivity index (χ1) is 9.55. The zero-order chi connectivity index (χ0) is 14.3. The number of carbonyl (C=O) groups is 1. The van der Waals surface area contributed by atoms with Crippen LogP contribution in [-0.2, 0) is 0 Å². The second-order valence-corrected chi connectivity index (χ2v) is 5.90. The van der Waals surface area contributed by atoms with Gasteiger partial charge in [-0.2, -0.15) is 0 Å². The molecule has 1 saturated carbocycles. The number of hydrogen-bond acceptors (Lipinski definition) is 3. The van der Waals surface area contributed by atoms with E-state index in [9.17, 15) is 4.79 Å². The fourth-order valence-electron chi connectivity index (χ4n) is 2.75. The van der Waals surface area contributed by atoms with Gasteiger partial charge in [0.05, 0.1) is 5.54 Å². The van der Waals surface area contributed by atoms with Gasteiger partial charge in [0, 0.05) is 17.5 Å². The zero-order valence-corrected chi connectivity index (χ0v) is 11.9. The van der Waals surface area contributed by atoms with Crippen LogP contribution in [0.1, 0.15) is 35.9 Å². The minimum absolute atomic E-state index is 0.168. The van der Waals surface area contributed by atoms with E-state index in [1.807, 2.05) is 38.1 Å². The molecule has 0 saturated heterocycles. The SMILES string of the molecule is Cc1c(C(=O)NC(C)(CN)C2CC2)oc2ccccc12. The van der Waals surface area contributed by atoms with Crippen LogP contribution >= 0.6 is 0 Å². The van der Waals surface area contributed by atoms with Crippen LogP contribution in [0.4, 0.5) is 0 Å². The number of benzene rings is 1. The number of furan rings is 1. The Morgan fingerprint density at radius 3 is 2.75 bits per heavy atom. The van der Waals surface area contributed by atoms with E-state index < -0.39 is 0 Å². The molecule has 1 aromatic heterocycles. The summed E-state index contributed by atoms with van der Waals surface area (Å²) in [6.07, 6.45) is 2.26. The number of fused-ring (bicyclic) bond motifs is 1. The first kappa shape index (κ1) is 13.2. The largest absolute Gasteiger partial charge is 0.451 e. The number of carbonyl (C=O) groups excluding carboxylic acids is 1. The highest BCUT2D eigenvalue weighted by molar-refractivity contribution is 5.99. The van der Waals surface area contributed by atoms with Crippen molar-refractivity contribution in [1.82, 2.24) is 5.32 Å². The van der Waals surface area contributed by atoms with Crippen LogP contribution in [-0.4, -0.2) is 18.0 Å². The van der Waals surface area contributed by atoms with E-state index in [1.54, 1.807) is 0 Å². The van der Waals surface area contributed by atoms with Gasteiger partial charge in [-0.3, -0.25) is 4.79 Å². The van der Waals surface area contributed by atoms with E-state index in [4.69, 9.17) is 10.2 Å². The van der Waals surface area contributed by atoms with Gasteiger partial charge >= 0.3 is 0 Å². The average molecular weight is 272 g/mol. The fraction of sp³-hybridized carbons (Fsp3) is 0.438. The summed E-state index contributed by atoms with van der Waals surface area (Å²) >= 11 is 0. The highest BCUT2D eigenvalue weighted by atomic mass is 16.3. The van der Waals surface area contributed by atoms with Crippen molar-refractivity contribution in [3.8, 4) is 0 Å². The number of nitrogens with two attached hydrogens (primary N) is 1. The lowest BCUT2D eigenvalue weighted by atomic mass is 9.95. The third-order valence-electron chi connectivity index (χ3n) is 4.35. The summed E-state index contributed by atoms with van der Waals surface area (Å²) in [7, 11) is 0. The van der Waals surface area contributed by atoms with Crippen LogP contribution in [0.25, 0.3) is 11.0 Å². The topological polar surface area (TPSA) is 68.3 Å². The summed E-state index contributed by atoms with van der Waals surface area (Å²) in [5.74, 6) is 0.714. The monoisotopic (exact) mass is 272 g/mol. The maximum atomic E-state index is 12.5. The van der Waals surface area contributed by atoms with E-state index in [1.165, 1.54) is 0 Å². The van der Waals surface area contributed by atoms with Gasteiger partial charge in [0.1, 0.15) is 5.58 Å². The predicted octanol–water partition coefficient (Wildman–Crippen LogP) is 2.60. The number of para-hydroxylation sites is 1. The van der Waals surface area contributed by atoms with Gasteiger partial charge in [0.2, 0.25) is 0 Å². The van der Waals surface area contributed by atoms with Crippen LogP contribution < -0.4 is 11.1 Å². The smallest absolute Gasteiger partial charge is 0.287 e. The van der Waals surface area contributed by atoms with Gasteiger partial charge in [-0.05, 0) is 38.7 Å². The Morgan fingerprint density at radius 1 is 1.45 bits per heavy atom. The van der Waals surface area contributed by atoms with Gasteiger partial charge in [0.15, 0.2) is 5.76 Å². The van der Waals surface area contributed by atoms with Crippen molar-refractivity contribution in [2.75, 3.05) is 6.54 Å². The van der Waals surface area contributed by atoms with E-state index >= 15 is 0 Å². The molecule has 1 atom stereocenters. The first-order valence-electron chi connectivity index (χ1n) is 7.06. The number of nitrogens with one attached hydrogen (secondary N) is 1. The van der Waals surface area contributed by atoms with Gasteiger partial charge < -0.3 is 15.5 Å². The van der Waals surface area contributed by atoms with Crippen LogP contribution in [0.2, 0.25) is 0 Å². The number of rotatable bonds is 4. The number of amides is 1. The molecule has 1 amide bonds. The molecule has 1 fully saturated rings. The van der Waals surface area contributed by atoms with Crippen molar-refractivity contribution in [2.24, 2.45) is 11.7 Å². The molecule has 3 rings (SSSR count). The summed E-state index contributed by atoms with van der Waals surface area (Å²) in [4.78, 5) is 12.5. The summed E-state index contributed by atoms with van der Waals surface area (Å²) < 4.78 is 5.70. The molecular formula is C16H20N2O2. The molecule has 1 aliphatic carbocycles. The predicted molar refractivity (Wildman–Crippen MR) is 78.6 cm³/mol. The fourth-order valence-corrected chi connectivity index (χ4v) is 2.75. The molecule has 20 heavy (non-hydrogen) atoms. The summed E-state index contributed by atoms with van der Waals surface area (Å²) in [6.45, 7) is 4.38. The quantitative estimate of drug-likeness (QED) is 0.899. The molecule has 4 nitrogen and oxygen atoms in total. The Bertz CT molecular complexity index is 658. The van der Waals surface area contributed by atoms with Gasteiger partial charge in [-0.1, -0.05) is 18.2 Å². The Hall–Kier alpha value is -1.81. The van der Waals surface area contributed by atoms with Crippen molar-refractivity contribution in [1.29, 1.82) is 0 Å². The molecule has 1 aromatic carbocycles. The molecule has 0 spiro atoms. The summed E-state index contributed by atoms with van der Waals surface area (Å²) in [5.41, 5.74) is 7.14. The molecule has 1 unspecified atom stereocenters. The average Bonchev–Trinajstić information content (AvgIpc) is 3.25. The highest BCUT2D eigenvalue weighted by Gasteiger charge is 2.42. The van der Waals surface area contributed by atoms with Crippen molar-refractivity contribution in [2.45, 2.75) is 32.2 Å². The lowest BCUT2D eigenvalue weighted by Gasteiger charge is -2.29. The molecule has 3 N–H and O–H groups in total. The third kappa shape index (κ3) is 2.10. The lowest BCUT2D eigenvalue weighted by molar-refractivity contribution is 0.0870. The second-order valence-electron chi connectivity index (χ2n) is 5.90. The highest BCUT2D eigenvalue weighted by Crippen LogP contribution is 2.39. The van der Waals surface area contributed by atoms with Crippen molar-refractivity contribution in [3.05, 3.63) is 35.6 Å². The van der Waals surface area contributed by atoms with Gasteiger partial charge in [-0.15, -0.1) is 0 Å². The van der Waals surface area contributed by atoms with E-state index in [2.05, 4.69) is 5.32 Å². The molecule has 2 aromatic rings. The van der Waals surface area contributed by atoms with E-state index in [-0.39, 0.29) is 11.4 Å². The molecule has 0 radical (unpaired) electrons. The molecule has 1 aliphatic rings. The lowest BCUT2D eigenvalue weighted by Crippen LogP contribution is -2.53. The number of hydrogen-bond donors (Lipinski definition) is 2. The maximum absolute atomic E-state index is 12.5. The zero-order valence-electron chi connectivity index (χ0n) is 11.9. The normalized spacial score (nSPS) is 17.9. The molecule has 0 aliphatic heterocycles. The van der Waals surface area contributed by atoms with Crippen LogP contribution in [0.5, 0.6) is 0 Å². The Balaban J connectivity index is 1.90. The molecule has 4 heteroatoms. The number of aryl methyl sites for hydroxylation is 1. The third-order valence-corrected chi connectivity index (χ3v) is 4.35. The minimum Gasteiger partial charge on any atom is -0.451 e. The molecule has 106 valence electrons. The minimum atomic E-state index is -0.331. The molecule has 0 bridgehead atoms. The van der Waals surface area contributed by atoms with Gasteiger partial charge in [-0.25, -0.2) is 0 Å². The van der Waals surface area contributed by atoms with Crippen molar-refractivity contribution < 1.29 is 9.21 Å². The Morgan fingerprint density at radius 2 is 2.15 bits per heavy atom. The molecule has 1 heterocycles.